The Hall–Kier alpha value is -2.72. The second-order valence-corrected chi connectivity index (χ2v) is 8.19. The Morgan fingerprint density at radius 3 is 2.52 bits per heavy atom. The van der Waals surface area contributed by atoms with E-state index in [0.717, 1.165) is 18.0 Å². The summed E-state index contributed by atoms with van der Waals surface area (Å²) in [6, 6.07) is 12.1. The van der Waals surface area contributed by atoms with Crippen LogP contribution in [0.3, 0.4) is 0 Å². The van der Waals surface area contributed by atoms with Crippen LogP contribution >= 0.6 is 11.8 Å². The summed E-state index contributed by atoms with van der Waals surface area (Å²) < 4.78 is 43.8. The smallest absolute Gasteiger partial charge is 0.277 e. The van der Waals surface area contributed by atoms with Crippen molar-refractivity contribution in [3.05, 3.63) is 59.9 Å². The molecule has 0 spiro atoms. The molecule has 0 aliphatic rings. The van der Waals surface area contributed by atoms with E-state index < -0.39 is 15.8 Å². The molecule has 0 unspecified atom stereocenters. The Labute approximate surface area is 159 Å². The van der Waals surface area contributed by atoms with Crippen molar-refractivity contribution in [3.63, 3.8) is 0 Å². The Balaban J connectivity index is 1.62. The molecular weight excluding hydrogens is 393 g/mol. The summed E-state index contributed by atoms with van der Waals surface area (Å²) in [7, 11) is -3.37. The average Bonchev–Trinajstić information content (AvgIpc) is 3.08. The summed E-state index contributed by atoms with van der Waals surface area (Å²) in [5, 5.41) is 7.74. The number of aromatic nitrogens is 2. The van der Waals surface area contributed by atoms with Crippen LogP contribution in [0.2, 0.25) is 0 Å². The standard InChI is InChI=1S/C17H14FN3O4S2/c1-27(23,24)21-12-8-6-11(7-9-12)15(22)10-26-17-20-19-16(25-17)13-4-2-3-5-14(13)18/h2-9,21H,10H2,1H3. The average molecular weight is 407 g/mol. The molecule has 1 aromatic heterocycles. The fourth-order valence-corrected chi connectivity index (χ4v) is 3.38. The number of sulfonamides is 1. The van der Waals surface area contributed by atoms with Crippen molar-refractivity contribution in [2.24, 2.45) is 0 Å². The van der Waals surface area contributed by atoms with E-state index in [0.29, 0.717) is 11.3 Å². The van der Waals surface area contributed by atoms with Crippen molar-refractivity contribution < 1.29 is 22.0 Å². The highest BCUT2D eigenvalue weighted by Gasteiger charge is 2.15. The minimum atomic E-state index is -3.37. The van der Waals surface area contributed by atoms with E-state index in [1.54, 1.807) is 12.1 Å². The summed E-state index contributed by atoms with van der Waals surface area (Å²) in [6.07, 6.45) is 1.04. The highest BCUT2D eigenvalue weighted by Crippen LogP contribution is 2.25. The molecule has 27 heavy (non-hydrogen) atoms. The summed E-state index contributed by atoms with van der Waals surface area (Å²) in [5.41, 5.74) is 0.973. The van der Waals surface area contributed by atoms with E-state index >= 15 is 0 Å². The van der Waals surface area contributed by atoms with Crippen LogP contribution in [-0.2, 0) is 10.0 Å². The maximum atomic E-state index is 13.7. The van der Waals surface area contributed by atoms with Crippen molar-refractivity contribution in [2.45, 2.75) is 5.22 Å². The molecule has 2 aromatic carbocycles. The third-order valence-electron chi connectivity index (χ3n) is 3.35. The van der Waals surface area contributed by atoms with E-state index in [-0.39, 0.29) is 28.2 Å². The molecule has 0 saturated carbocycles. The van der Waals surface area contributed by atoms with Crippen molar-refractivity contribution >= 4 is 33.3 Å². The fraction of sp³-hybridized carbons (Fsp3) is 0.118. The number of carbonyl (C=O) groups excluding carboxylic acids is 1. The second kappa shape index (κ2) is 7.89. The van der Waals surface area contributed by atoms with Gasteiger partial charge in [0.1, 0.15) is 5.82 Å². The van der Waals surface area contributed by atoms with Crippen molar-refractivity contribution in [1.82, 2.24) is 10.2 Å². The third kappa shape index (κ3) is 5.14. The maximum Gasteiger partial charge on any atom is 0.277 e. The van der Waals surface area contributed by atoms with Crippen LogP contribution in [0.5, 0.6) is 0 Å². The fourth-order valence-electron chi connectivity index (χ4n) is 2.16. The van der Waals surface area contributed by atoms with E-state index in [1.807, 2.05) is 0 Å². The molecule has 0 radical (unpaired) electrons. The number of anilines is 1. The summed E-state index contributed by atoms with van der Waals surface area (Å²) in [4.78, 5) is 12.2. The van der Waals surface area contributed by atoms with Gasteiger partial charge in [-0.25, -0.2) is 12.8 Å². The predicted octanol–water partition coefficient (Wildman–Crippen LogP) is 3.22. The first-order valence-electron chi connectivity index (χ1n) is 7.64. The highest BCUT2D eigenvalue weighted by molar-refractivity contribution is 7.99. The lowest BCUT2D eigenvalue weighted by molar-refractivity contribution is 0.102. The van der Waals surface area contributed by atoms with Gasteiger partial charge in [0, 0.05) is 11.3 Å². The second-order valence-electron chi connectivity index (χ2n) is 5.52. The molecule has 0 fully saturated rings. The van der Waals surface area contributed by atoms with E-state index in [4.69, 9.17) is 4.42 Å². The van der Waals surface area contributed by atoms with Crippen molar-refractivity contribution in [1.29, 1.82) is 0 Å². The minimum Gasteiger partial charge on any atom is -0.411 e. The number of hydrogen-bond donors (Lipinski definition) is 1. The molecule has 1 N–H and O–H groups in total. The molecule has 0 bridgehead atoms. The summed E-state index contributed by atoms with van der Waals surface area (Å²) in [6.45, 7) is 0. The molecule has 3 rings (SSSR count). The number of thioether (sulfide) groups is 1. The largest absolute Gasteiger partial charge is 0.411 e. The van der Waals surface area contributed by atoms with Crippen molar-refractivity contribution in [2.75, 3.05) is 16.7 Å². The Morgan fingerprint density at radius 1 is 1.15 bits per heavy atom. The minimum absolute atomic E-state index is 0.0394. The van der Waals surface area contributed by atoms with Gasteiger partial charge in [-0.2, -0.15) is 0 Å². The van der Waals surface area contributed by atoms with Crippen LogP contribution in [0.4, 0.5) is 10.1 Å². The normalized spacial score (nSPS) is 11.3. The Kier molecular flexibility index (Phi) is 5.57. The lowest BCUT2D eigenvalue weighted by Gasteiger charge is -2.04. The zero-order chi connectivity index (χ0) is 19.4. The van der Waals surface area contributed by atoms with Crippen LogP contribution in [0.15, 0.2) is 58.2 Å². The molecule has 0 aliphatic heterocycles. The van der Waals surface area contributed by atoms with Gasteiger partial charge in [0.05, 0.1) is 17.6 Å². The maximum absolute atomic E-state index is 13.7. The first kappa shape index (κ1) is 19.1. The number of carbonyl (C=O) groups is 1. The zero-order valence-electron chi connectivity index (χ0n) is 14.0. The van der Waals surface area contributed by atoms with Crippen LogP contribution in [-0.4, -0.2) is 36.4 Å². The van der Waals surface area contributed by atoms with Crippen LogP contribution in [0.25, 0.3) is 11.5 Å². The monoisotopic (exact) mass is 407 g/mol. The number of nitrogens with one attached hydrogen (secondary N) is 1. The van der Waals surface area contributed by atoms with Crippen LogP contribution < -0.4 is 4.72 Å². The van der Waals surface area contributed by atoms with E-state index in [9.17, 15) is 17.6 Å². The third-order valence-corrected chi connectivity index (χ3v) is 4.77. The lowest BCUT2D eigenvalue weighted by Crippen LogP contribution is -2.10. The van der Waals surface area contributed by atoms with E-state index in [2.05, 4.69) is 14.9 Å². The number of benzene rings is 2. The summed E-state index contributed by atoms with van der Waals surface area (Å²) in [5.74, 6) is -0.593. The van der Waals surface area contributed by atoms with Crippen LogP contribution in [0.1, 0.15) is 10.4 Å². The molecule has 0 aliphatic carbocycles. The lowest BCUT2D eigenvalue weighted by atomic mass is 10.1. The summed E-state index contributed by atoms with van der Waals surface area (Å²) >= 11 is 1.04. The van der Waals surface area contributed by atoms with Gasteiger partial charge < -0.3 is 4.42 Å². The van der Waals surface area contributed by atoms with Gasteiger partial charge in [0.15, 0.2) is 5.78 Å². The molecule has 1 heterocycles. The van der Waals surface area contributed by atoms with Gasteiger partial charge in [-0.1, -0.05) is 23.9 Å². The van der Waals surface area contributed by atoms with Crippen molar-refractivity contribution in [3.8, 4) is 11.5 Å². The van der Waals surface area contributed by atoms with Gasteiger partial charge in [-0.3, -0.25) is 9.52 Å². The van der Waals surface area contributed by atoms with Gasteiger partial charge in [-0.15, -0.1) is 10.2 Å². The van der Waals surface area contributed by atoms with Gasteiger partial charge in [0.25, 0.3) is 11.1 Å². The van der Waals surface area contributed by atoms with Gasteiger partial charge in [-0.05, 0) is 36.4 Å². The molecule has 140 valence electrons. The first-order valence-corrected chi connectivity index (χ1v) is 10.5. The number of Topliss-reactive ketones (excluding diaryl/α,β-unsaturated/α-hetero) is 1. The molecule has 0 saturated heterocycles. The number of rotatable bonds is 7. The number of halogens is 1. The highest BCUT2D eigenvalue weighted by atomic mass is 32.2. The SMILES string of the molecule is CS(=O)(=O)Nc1ccc(C(=O)CSc2nnc(-c3ccccc3F)o2)cc1. The molecule has 10 heteroatoms. The van der Waals surface area contributed by atoms with Crippen LogP contribution in [0, 0.1) is 5.82 Å². The topological polar surface area (TPSA) is 102 Å². The Bertz CT molecular complexity index is 1070. The predicted molar refractivity (Wildman–Crippen MR) is 99.7 cm³/mol. The molecule has 0 amide bonds. The quantitative estimate of drug-likeness (QED) is 0.474. The number of ketones is 1. The number of hydrogen-bond acceptors (Lipinski definition) is 7. The van der Waals surface area contributed by atoms with Gasteiger partial charge in [0.2, 0.25) is 10.0 Å². The molecular formula is C17H14FN3O4S2. The molecule has 0 atom stereocenters. The zero-order valence-corrected chi connectivity index (χ0v) is 15.7. The Morgan fingerprint density at radius 2 is 1.85 bits per heavy atom. The molecule has 7 nitrogen and oxygen atoms in total. The first-order chi connectivity index (χ1) is 12.8. The number of nitrogens with zero attached hydrogens (tertiary/aromatic N) is 2. The van der Waals surface area contributed by atoms with E-state index in [1.165, 1.54) is 36.4 Å². The van der Waals surface area contributed by atoms with Gasteiger partial charge >= 0.3 is 0 Å². The molecule has 3 aromatic rings.